The standard InChI is InChI=1S/C12H10N2O2/c15-11-6-7-13-8-10(11)12(16)14-9-4-2-1-3-5-9/h1-8,10H,(H,14,16). The average molecular weight is 214 g/mol. The third kappa shape index (κ3) is 2.23. The molecule has 80 valence electrons. The van der Waals surface area contributed by atoms with Crippen LogP contribution >= 0.6 is 0 Å². The van der Waals surface area contributed by atoms with Crippen molar-refractivity contribution in [2.45, 2.75) is 0 Å². The van der Waals surface area contributed by atoms with Crippen LogP contribution < -0.4 is 5.32 Å². The van der Waals surface area contributed by atoms with Crippen LogP contribution in [0.5, 0.6) is 0 Å². The van der Waals surface area contributed by atoms with Gasteiger partial charge in [-0.15, -0.1) is 0 Å². The van der Waals surface area contributed by atoms with Gasteiger partial charge in [0.05, 0.1) is 0 Å². The summed E-state index contributed by atoms with van der Waals surface area (Å²) in [5, 5.41) is 2.66. The lowest BCUT2D eigenvalue weighted by atomic mass is 10.0. The van der Waals surface area contributed by atoms with Crippen LogP contribution in [0.3, 0.4) is 0 Å². The first-order valence-corrected chi connectivity index (χ1v) is 4.87. The van der Waals surface area contributed by atoms with Crippen molar-refractivity contribution < 1.29 is 9.59 Å². The van der Waals surface area contributed by atoms with Crippen molar-refractivity contribution in [2.24, 2.45) is 10.9 Å². The molecule has 0 aliphatic carbocycles. The summed E-state index contributed by atoms with van der Waals surface area (Å²) in [6.07, 6.45) is 4.03. The highest BCUT2D eigenvalue weighted by Crippen LogP contribution is 2.09. The molecular weight excluding hydrogens is 204 g/mol. The summed E-state index contributed by atoms with van der Waals surface area (Å²) in [5.41, 5.74) is 0.670. The molecule has 1 aromatic carbocycles. The van der Waals surface area contributed by atoms with Gasteiger partial charge in [-0.25, -0.2) is 0 Å². The Bertz CT molecular complexity index is 463. The first-order chi connectivity index (χ1) is 7.77. The molecule has 16 heavy (non-hydrogen) atoms. The van der Waals surface area contributed by atoms with Crippen LogP contribution in [0, 0.1) is 5.92 Å². The molecule has 0 radical (unpaired) electrons. The van der Waals surface area contributed by atoms with Gasteiger partial charge in [0, 0.05) is 24.2 Å². The van der Waals surface area contributed by atoms with E-state index in [2.05, 4.69) is 10.3 Å². The molecule has 2 rings (SSSR count). The van der Waals surface area contributed by atoms with Gasteiger partial charge in [0.25, 0.3) is 0 Å². The molecule has 0 bridgehead atoms. The lowest BCUT2D eigenvalue weighted by Gasteiger charge is -2.11. The fourth-order valence-electron chi connectivity index (χ4n) is 1.37. The highest BCUT2D eigenvalue weighted by Gasteiger charge is 2.24. The predicted octanol–water partition coefficient (Wildman–Crippen LogP) is 1.41. The number of aliphatic imine (C=N–C) groups is 1. The van der Waals surface area contributed by atoms with Crippen molar-refractivity contribution in [1.29, 1.82) is 0 Å². The largest absolute Gasteiger partial charge is 0.325 e. The highest BCUT2D eigenvalue weighted by molar-refractivity contribution is 6.21. The van der Waals surface area contributed by atoms with Gasteiger partial charge in [0.2, 0.25) is 5.91 Å². The molecule has 1 amide bonds. The fourth-order valence-corrected chi connectivity index (χ4v) is 1.37. The van der Waals surface area contributed by atoms with Crippen molar-refractivity contribution in [3.8, 4) is 0 Å². The van der Waals surface area contributed by atoms with Gasteiger partial charge < -0.3 is 5.32 Å². The monoisotopic (exact) mass is 214 g/mol. The Labute approximate surface area is 92.7 Å². The van der Waals surface area contributed by atoms with E-state index in [9.17, 15) is 9.59 Å². The number of rotatable bonds is 2. The number of benzene rings is 1. The first-order valence-electron chi connectivity index (χ1n) is 4.87. The molecule has 0 fully saturated rings. The van der Waals surface area contributed by atoms with Gasteiger partial charge in [-0.1, -0.05) is 18.2 Å². The van der Waals surface area contributed by atoms with E-state index in [1.807, 2.05) is 18.2 Å². The maximum Gasteiger partial charge on any atom is 0.240 e. The maximum atomic E-state index is 11.7. The smallest absolute Gasteiger partial charge is 0.240 e. The van der Waals surface area contributed by atoms with Crippen LogP contribution in [0.15, 0.2) is 47.6 Å². The minimum Gasteiger partial charge on any atom is -0.325 e. The Morgan fingerprint density at radius 2 is 2.00 bits per heavy atom. The Hall–Kier alpha value is -2.23. The normalized spacial score (nSPS) is 18.5. The van der Waals surface area contributed by atoms with Crippen molar-refractivity contribution >= 4 is 23.6 Å². The number of amides is 1. The minimum absolute atomic E-state index is 0.247. The third-order valence-electron chi connectivity index (χ3n) is 2.19. The number of allylic oxidation sites excluding steroid dienone is 1. The summed E-state index contributed by atoms with van der Waals surface area (Å²) in [5.74, 6) is -1.42. The second-order valence-corrected chi connectivity index (χ2v) is 3.35. The second kappa shape index (κ2) is 4.53. The Morgan fingerprint density at radius 1 is 1.25 bits per heavy atom. The lowest BCUT2D eigenvalue weighted by Crippen LogP contribution is -2.30. The number of anilines is 1. The summed E-state index contributed by atoms with van der Waals surface area (Å²) in [6.45, 7) is 0. The van der Waals surface area contributed by atoms with Crippen molar-refractivity contribution in [1.82, 2.24) is 0 Å². The summed E-state index contributed by atoms with van der Waals surface area (Å²) < 4.78 is 0. The van der Waals surface area contributed by atoms with Gasteiger partial charge in [-0.3, -0.25) is 14.6 Å². The van der Waals surface area contributed by atoms with E-state index in [1.54, 1.807) is 12.1 Å². The molecule has 1 unspecified atom stereocenters. The first kappa shape index (κ1) is 10.3. The zero-order chi connectivity index (χ0) is 11.4. The molecule has 1 atom stereocenters. The van der Waals surface area contributed by atoms with E-state index in [4.69, 9.17) is 0 Å². The van der Waals surface area contributed by atoms with Gasteiger partial charge in [0.15, 0.2) is 5.78 Å². The zero-order valence-corrected chi connectivity index (χ0v) is 8.46. The quantitative estimate of drug-likeness (QED) is 0.756. The van der Waals surface area contributed by atoms with E-state index < -0.39 is 5.92 Å². The summed E-state index contributed by atoms with van der Waals surface area (Å²) in [6, 6.07) is 9.00. The topological polar surface area (TPSA) is 58.5 Å². The van der Waals surface area contributed by atoms with Crippen LogP contribution in [-0.2, 0) is 9.59 Å². The summed E-state index contributed by atoms with van der Waals surface area (Å²) >= 11 is 0. The van der Waals surface area contributed by atoms with Crippen molar-refractivity contribution in [3.63, 3.8) is 0 Å². The number of nitrogens with one attached hydrogen (secondary N) is 1. The third-order valence-corrected chi connectivity index (χ3v) is 2.19. The number of para-hydroxylation sites is 1. The molecular formula is C12H10N2O2. The van der Waals surface area contributed by atoms with E-state index in [0.29, 0.717) is 5.69 Å². The zero-order valence-electron chi connectivity index (χ0n) is 8.46. The molecule has 1 N–H and O–H groups in total. The average Bonchev–Trinajstić information content (AvgIpc) is 2.31. The fraction of sp³-hybridized carbons (Fsp3) is 0.0833. The Morgan fingerprint density at radius 3 is 2.69 bits per heavy atom. The molecule has 0 spiro atoms. The van der Waals surface area contributed by atoms with E-state index >= 15 is 0 Å². The molecule has 0 saturated heterocycles. The Kier molecular flexibility index (Phi) is 2.91. The Balaban J connectivity index is 2.07. The van der Waals surface area contributed by atoms with Crippen LogP contribution in [-0.4, -0.2) is 17.9 Å². The van der Waals surface area contributed by atoms with Gasteiger partial charge in [-0.2, -0.15) is 0 Å². The van der Waals surface area contributed by atoms with Crippen LogP contribution in [0.25, 0.3) is 0 Å². The molecule has 1 aliphatic heterocycles. The van der Waals surface area contributed by atoms with Crippen LogP contribution in [0.1, 0.15) is 0 Å². The lowest BCUT2D eigenvalue weighted by molar-refractivity contribution is -0.125. The molecule has 1 aromatic rings. The highest BCUT2D eigenvalue weighted by atomic mass is 16.2. The number of nitrogens with zero attached hydrogens (tertiary/aromatic N) is 1. The van der Waals surface area contributed by atoms with Crippen molar-refractivity contribution in [2.75, 3.05) is 5.32 Å². The molecule has 4 heteroatoms. The summed E-state index contributed by atoms with van der Waals surface area (Å²) in [4.78, 5) is 26.9. The summed E-state index contributed by atoms with van der Waals surface area (Å²) in [7, 11) is 0. The SMILES string of the molecule is O=C1C=CN=CC1C(=O)Nc1ccccc1. The number of ketones is 1. The van der Waals surface area contributed by atoms with Crippen LogP contribution in [0.4, 0.5) is 5.69 Å². The maximum absolute atomic E-state index is 11.7. The molecule has 1 heterocycles. The van der Waals surface area contributed by atoms with E-state index in [-0.39, 0.29) is 11.7 Å². The van der Waals surface area contributed by atoms with Gasteiger partial charge in [0.1, 0.15) is 5.92 Å². The van der Waals surface area contributed by atoms with E-state index in [0.717, 1.165) is 0 Å². The van der Waals surface area contributed by atoms with E-state index in [1.165, 1.54) is 18.5 Å². The minimum atomic E-state index is -0.815. The molecule has 1 aliphatic rings. The number of hydrogen-bond acceptors (Lipinski definition) is 3. The van der Waals surface area contributed by atoms with Gasteiger partial charge in [-0.05, 0) is 12.1 Å². The number of carbonyl (C=O) groups excluding carboxylic acids is 2. The predicted molar refractivity (Wildman–Crippen MR) is 61.2 cm³/mol. The van der Waals surface area contributed by atoms with Gasteiger partial charge >= 0.3 is 0 Å². The van der Waals surface area contributed by atoms with Crippen molar-refractivity contribution in [3.05, 3.63) is 42.6 Å². The second-order valence-electron chi connectivity index (χ2n) is 3.35. The molecule has 0 saturated carbocycles. The molecule has 4 nitrogen and oxygen atoms in total. The molecule has 0 aromatic heterocycles. The number of carbonyl (C=O) groups is 2. The van der Waals surface area contributed by atoms with Crippen LogP contribution in [0.2, 0.25) is 0 Å². The number of hydrogen-bond donors (Lipinski definition) is 1.